The number of nitrogens with one attached hydrogen (secondary N) is 1. The molecule has 3 nitrogen and oxygen atoms in total. The van der Waals surface area contributed by atoms with E-state index in [0.29, 0.717) is 5.91 Å². The van der Waals surface area contributed by atoms with E-state index in [4.69, 9.17) is 0 Å². The summed E-state index contributed by atoms with van der Waals surface area (Å²) >= 11 is 0. The van der Waals surface area contributed by atoms with Crippen molar-refractivity contribution in [2.45, 2.75) is 45.4 Å². The molecule has 1 N–H and O–H groups in total. The van der Waals surface area contributed by atoms with Crippen molar-refractivity contribution < 1.29 is 4.79 Å². The lowest BCUT2D eigenvalue weighted by atomic mass is 9.94. The molecular weight excluding hydrogens is 212 g/mol. The van der Waals surface area contributed by atoms with Crippen LogP contribution in [0.1, 0.15) is 45.4 Å². The Morgan fingerprint density at radius 3 is 2.88 bits per heavy atom. The van der Waals surface area contributed by atoms with Crippen LogP contribution in [0.15, 0.2) is 0 Å². The van der Waals surface area contributed by atoms with Crippen molar-refractivity contribution in [1.82, 2.24) is 10.2 Å². The molecule has 2 rings (SSSR count). The lowest BCUT2D eigenvalue weighted by molar-refractivity contribution is -0.130. The normalized spacial score (nSPS) is 29.6. The van der Waals surface area contributed by atoms with Gasteiger partial charge >= 0.3 is 0 Å². The van der Waals surface area contributed by atoms with Crippen LogP contribution in [0.3, 0.4) is 0 Å². The first kappa shape index (κ1) is 12.9. The van der Waals surface area contributed by atoms with Gasteiger partial charge in [0, 0.05) is 19.5 Å². The van der Waals surface area contributed by atoms with E-state index in [9.17, 15) is 4.79 Å². The zero-order valence-electron chi connectivity index (χ0n) is 11.1. The average Bonchev–Trinajstić information content (AvgIpc) is 2.86. The second kappa shape index (κ2) is 6.39. The van der Waals surface area contributed by atoms with Gasteiger partial charge in [-0.3, -0.25) is 4.79 Å². The molecule has 98 valence electrons. The highest BCUT2D eigenvalue weighted by molar-refractivity contribution is 5.76. The number of likely N-dealkylation sites (tertiary alicyclic amines) is 1. The maximum atomic E-state index is 12.1. The fourth-order valence-electron chi connectivity index (χ4n) is 3.05. The van der Waals surface area contributed by atoms with Crippen LogP contribution in [0.2, 0.25) is 0 Å². The minimum absolute atomic E-state index is 0.395. The molecule has 2 atom stereocenters. The third kappa shape index (κ3) is 3.70. The van der Waals surface area contributed by atoms with E-state index >= 15 is 0 Å². The molecule has 0 aromatic carbocycles. The average molecular weight is 238 g/mol. The Balaban J connectivity index is 1.66. The van der Waals surface area contributed by atoms with Gasteiger partial charge in [-0.15, -0.1) is 0 Å². The molecule has 0 bridgehead atoms. The van der Waals surface area contributed by atoms with Gasteiger partial charge in [-0.2, -0.15) is 0 Å². The van der Waals surface area contributed by atoms with Crippen molar-refractivity contribution in [2.24, 2.45) is 11.8 Å². The van der Waals surface area contributed by atoms with Crippen LogP contribution in [-0.4, -0.2) is 37.0 Å². The minimum Gasteiger partial charge on any atom is -0.342 e. The number of piperidine rings is 1. The van der Waals surface area contributed by atoms with Gasteiger partial charge in [-0.25, -0.2) is 0 Å². The number of carbonyl (C=O) groups excluding carboxylic acids is 1. The minimum atomic E-state index is 0.395. The molecule has 3 heteroatoms. The van der Waals surface area contributed by atoms with E-state index in [2.05, 4.69) is 17.1 Å². The molecule has 0 radical (unpaired) electrons. The molecular formula is C14H26N2O. The van der Waals surface area contributed by atoms with Crippen molar-refractivity contribution >= 4 is 5.91 Å². The Morgan fingerprint density at radius 2 is 2.24 bits per heavy atom. The molecule has 0 spiro atoms. The maximum Gasteiger partial charge on any atom is 0.222 e. The number of hydrogen-bond acceptors (Lipinski definition) is 2. The second-order valence-electron chi connectivity index (χ2n) is 5.65. The summed E-state index contributed by atoms with van der Waals surface area (Å²) in [6.45, 7) is 6.52. The Bertz CT molecular complexity index is 249. The van der Waals surface area contributed by atoms with E-state index in [1.165, 1.54) is 25.7 Å². The van der Waals surface area contributed by atoms with Gasteiger partial charge in [0.05, 0.1) is 0 Å². The molecule has 2 saturated heterocycles. The topological polar surface area (TPSA) is 32.3 Å². The summed E-state index contributed by atoms with van der Waals surface area (Å²) < 4.78 is 0. The van der Waals surface area contributed by atoms with Crippen LogP contribution in [-0.2, 0) is 4.79 Å². The quantitative estimate of drug-likeness (QED) is 0.812. The van der Waals surface area contributed by atoms with Crippen LogP contribution in [0.25, 0.3) is 0 Å². The van der Waals surface area contributed by atoms with Crippen molar-refractivity contribution in [3.8, 4) is 0 Å². The van der Waals surface area contributed by atoms with E-state index in [1.807, 2.05) is 0 Å². The predicted octanol–water partition coefficient (Wildman–Crippen LogP) is 2.02. The fraction of sp³-hybridized carbons (Fsp3) is 0.929. The summed E-state index contributed by atoms with van der Waals surface area (Å²) in [7, 11) is 0. The van der Waals surface area contributed by atoms with Crippen molar-refractivity contribution in [3.05, 3.63) is 0 Å². The molecule has 2 fully saturated rings. The fourth-order valence-corrected chi connectivity index (χ4v) is 3.05. The summed E-state index contributed by atoms with van der Waals surface area (Å²) in [5.41, 5.74) is 0. The summed E-state index contributed by atoms with van der Waals surface area (Å²) in [6.07, 6.45) is 6.86. The highest BCUT2D eigenvalue weighted by Crippen LogP contribution is 2.22. The highest BCUT2D eigenvalue weighted by atomic mass is 16.2. The molecule has 0 aromatic heterocycles. The summed E-state index contributed by atoms with van der Waals surface area (Å²) in [6, 6.07) is 0. The standard InChI is InChI=1S/C14H26N2O/c1-2-12-7-9-16(11-12)14(17)6-5-13-4-3-8-15-10-13/h12-13,15H,2-11H2,1H3. The molecule has 0 aromatic rings. The molecule has 2 aliphatic rings. The van der Waals surface area contributed by atoms with Gasteiger partial charge in [-0.05, 0) is 50.6 Å². The van der Waals surface area contributed by atoms with Crippen LogP contribution in [0, 0.1) is 11.8 Å². The SMILES string of the molecule is CCC1CCN(C(=O)CCC2CCCNC2)C1. The Kier molecular flexibility index (Phi) is 4.84. The van der Waals surface area contributed by atoms with E-state index in [1.54, 1.807) is 0 Å². The lowest BCUT2D eigenvalue weighted by Gasteiger charge is -2.23. The first-order valence-corrected chi connectivity index (χ1v) is 7.28. The zero-order valence-corrected chi connectivity index (χ0v) is 11.1. The van der Waals surface area contributed by atoms with Crippen molar-refractivity contribution in [2.75, 3.05) is 26.2 Å². The predicted molar refractivity (Wildman–Crippen MR) is 69.8 cm³/mol. The first-order chi connectivity index (χ1) is 8.29. The molecule has 2 aliphatic heterocycles. The van der Waals surface area contributed by atoms with E-state index in [0.717, 1.165) is 50.9 Å². The van der Waals surface area contributed by atoms with Gasteiger partial charge in [0.15, 0.2) is 0 Å². The van der Waals surface area contributed by atoms with E-state index in [-0.39, 0.29) is 0 Å². The van der Waals surface area contributed by atoms with Crippen LogP contribution >= 0.6 is 0 Å². The molecule has 1 amide bonds. The number of rotatable bonds is 4. The van der Waals surface area contributed by atoms with Gasteiger partial charge in [0.1, 0.15) is 0 Å². The molecule has 2 unspecified atom stereocenters. The van der Waals surface area contributed by atoms with Gasteiger partial charge in [0.2, 0.25) is 5.91 Å². The maximum absolute atomic E-state index is 12.1. The smallest absolute Gasteiger partial charge is 0.222 e. The Hall–Kier alpha value is -0.570. The number of amides is 1. The second-order valence-corrected chi connectivity index (χ2v) is 5.65. The molecule has 17 heavy (non-hydrogen) atoms. The van der Waals surface area contributed by atoms with Crippen molar-refractivity contribution in [1.29, 1.82) is 0 Å². The zero-order chi connectivity index (χ0) is 12.1. The van der Waals surface area contributed by atoms with Gasteiger partial charge in [-0.1, -0.05) is 13.3 Å². The third-order valence-electron chi connectivity index (χ3n) is 4.38. The molecule has 0 saturated carbocycles. The highest BCUT2D eigenvalue weighted by Gasteiger charge is 2.25. The van der Waals surface area contributed by atoms with Crippen LogP contribution < -0.4 is 5.32 Å². The summed E-state index contributed by atoms with van der Waals surface area (Å²) in [4.78, 5) is 14.1. The molecule has 2 heterocycles. The van der Waals surface area contributed by atoms with Crippen LogP contribution in [0.5, 0.6) is 0 Å². The largest absolute Gasteiger partial charge is 0.342 e. The molecule has 0 aliphatic carbocycles. The number of carbonyl (C=O) groups is 1. The third-order valence-corrected chi connectivity index (χ3v) is 4.38. The number of nitrogens with zero attached hydrogens (tertiary/aromatic N) is 1. The van der Waals surface area contributed by atoms with Gasteiger partial charge < -0.3 is 10.2 Å². The Morgan fingerprint density at radius 1 is 1.35 bits per heavy atom. The van der Waals surface area contributed by atoms with E-state index < -0.39 is 0 Å². The van der Waals surface area contributed by atoms with Gasteiger partial charge in [0.25, 0.3) is 0 Å². The van der Waals surface area contributed by atoms with Crippen molar-refractivity contribution in [3.63, 3.8) is 0 Å². The summed E-state index contributed by atoms with van der Waals surface area (Å²) in [5, 5.41) is 3.42. The number of hydrogen-bond donors (Lipinski definition) is 1. The lowest BCUT2D eigenvalue weighted by Crippen LogP contribution is -2.32. The Labute approximate surface area is 105 Å². The monoisotopic (exact) mass is 238 g/mol. The summed E-state index contributed by atoms with van der Waals surface area (Å²) in [5.74, 6) is 1.89. The van der Waals surface area contributed by atoms with Crippen LogP contribution in [0.4, 0.5) is 0 Å². The first-order valence-electron chi connectivity index (χ1n) is 7.28.